The maximum Gasteiger partial charge on any atom is 0.433 e. The van der Waals surface area contributed by atoms with E-state index in [-0.39, 0.29) is 18.8 Å². The van der Waals surface area contributed by atoms with Gasteiger partial charge in [0.15, 0.2) is 0 Å². The summed E-state index contributed by atoms with van der Waals surface area (Å²) in [5.41, 5.74) is -0.819. The number of fused-ring (bicyclic) bond motifs is 1. The van der Waals surface area contributed by atoms with Gasteiger partial charge in [-0.2, -0.15) is 13.2 Å². The third kappa shape index (κ3) is 4.73. The molecule has 0 spiro atoms. The lowest BCUT2D eigenvalue weighted by Gasteiger charge is -2.44. The number of aliphatic carboxylic acids is 1. The van der Waals surface area contributed by atoms with Gasteiger partial charge in [0, 0.05) is 42.3 Å². The number of benzene rings is 1. The summed E-state index contributed by atoms with van der Waals surface area (Å²) in [5.74, 6) is -1.60. The van der Waals surface area contributed by atoms with Gasteiger partial charge >= 0.3 is 12.1 Å². The Morgan fingerprint density at radius 1 is 1.24 bits per heavy atom. The van der Waals surface area contributed by atoms with E-state index in [9.17, 15) is 28.2 Å². The summed E-state index contributed by atoms with van der Waals surface area (Å²) in [4.78, 5) is 24.5. The highest BCUT2D eigenvalue weighted by atomic mass is 32.1. The monoisotopic (exact) mass is 545 g/mol. The summed E-state index contributed by atoms with van der Waals surface area (Å²) in [6.07, 6.45) is 0.896. The van der Waals surface area contributed by atoms with Gasteiger partial charge < -0.3 is 20.1 Å². The molecule has 38 heavy (non-hydrogen) atoms. The summed E-state index contributed by atoms with van der Waals surface area (Å²) >= 11 is 1.32. The van der Waals surface area contributed by atoms with Gasteiger partial charge in [0.25, 0.3) is 0 Å². The number of alkyl halides is 3. The summed E-state index contributed by atoms with van der Waals surface area (Å²) < 4.78 is 41.3. The van der Waals surface area contributed by atoms with Crippen LogP contribution in [0.3, 0.4) is 0 Å². The first-order chi connectivity index (χ1) is 17.8. The van der Waals surface area contributed by atoms with Gasteiger partial charge in [0.1, 0.15) is 16.3 Å². The van der Waals surface area contributed by atoms with E-state index in [1.165, 1.54) is 11.3 Å². The lowest BCUT2D eigenvalue weighted by atomic mass is 9.63. The molecule has 3 N–H and O–H groups in total. The van der Waals surface area contributed by atoms with Crippen LogP contribution in [0.2, 0.25) is 0 Å². The minimum Gasteiger partial charge on any atom is -0.481 e. The largest absolute Gasteiger partial charge is 0.481 e. The van der Waals surface area contributed by atoms with Crippen LogP contribution in [-0.4, -0.2) is 35.7 Å². The maximum absolute atomic E-state index is 13.1. The number of hydrogen-bond acceptors (Lipinski definition) is 7. The Bertz CT molecular complexity index is 1530. The Kier molecular flexibility index (Phi) is 6.22. The third-order valence-corrected chi connectivity index (χ3v) is 8.43. The molecule has 4 aromatic rings. The van der Waals surface area contributed by atoms with Crippen molar-refractivity contribution >= 4 is 39.8 Å². The first-order valence-corrected chi connectivity index (χ1v) is 12.8. The molecule has 0 saturated heterocycles. The topological polar surface area (TPSA) is 113 Å². The Morgan fingerprint density at radius 2 is 2.00 bits per heavy atom. The van der Waals surface area contributed by atoms with Crippen molar-refractivity contribution < 1.29 is 28.2 Å². The van der Waals surface area contributed by atoms with Gasteiger partial charge in [-0.25, -0.2) is 15.0 Å². The fourth-order valence-corrected chi connectivity index (χ4v) is 6.41. The molecule has 1 fully saturated rings. The highest BCUT2D eigenvalue weighted by molar-refractivity contribution is 7.15. The van der Waals surface area contributed by atoms with E-state index < -0.39 is 34.8 Å². The molecular formula is C26H26F3N5O3S. The van der Waals surface area contributed by atoms with Crippen molar-refractivity contribution in [1.82, 2.24) is 19.5 Å². The number of carboxylic acid groups (broad SMARTS) is 1. The Morgan fingerprint density at radius 3 is 2.68 bits per heavy atom. The van der Waals surface area contributed by atoms with Gasteiger partial charge in [-0.15, -0.1) is 11.3 Å². The molecule has 0 radical (unpaired) electrons. The minimum atomic E-state index is -4.59. The van der Waals surface area contributed by atoms with E-state index in [2.05, 4.69) is 20.3 Å². The number of aryl methyl sites for hydroxylation is 1. The van der Waals surface area contributed by atoms with Crippen LogP contribution in [0.4, 0.5) is 24.8 Å². The van der Waals surface area contributed by atoms with E-state index in [1.54, 1.807) is 18.3 Å². The number of nitrogens with zero attached hydrogens (tertiary/aromatic N) is 4. The lowest BCUT2D eigenvalue weighted by molar-refractivity contribution is -0.154. The minimum absolute atomic E-state index is 0.184. The Hall–Kier alpha value is -3.51. The van der Waals surface area contributed by atoms with Gasteiger partial charge in [-0.05, 0) is 48.9 Å². The molecule has 1 aliphatic carbocycles. The standard InChI is InChI=1S/C26H26F3N5O3S/c1-24(2)13-25(37,7-4-17(24)21(35)36)22-31-12-19(38-22)16-10-14(11-18-15(16)6-9-34(18)3)32-23-30-8-5-20(33-23)26(27,28)29/h5-6,8-12,17,37H,4,7,13H2,1-3H3,(H,35,36)(H,30,32,33)/t17-,25-/m0/s1. The van der Waals surface area contributed by atoms with Crippen molar-refractivity contribution in [2.24, 2.45) is 18.4 Å². The zero-order valence-corrected chi connectivity index (χ0v) is 21.7. The second kappa shape index (κ2) is 9.05. The molecule has 5 rings (SSSR count). The van der Waals surface area contributed by atoms with Crippen LogP contribution >= 0.6 is 11.3 Å². The maximum atomic E-state index is 13.1. The van der Waals surface area contributed by atoms with Crippen molar-refractivity contribution in [3.63, 3.8) is 0 Å². The van der Waals surface area contributed by atoms with Crippen LogP contribution in [0, 0.1) is 11.3 Å². The molecule has 0 aliphatic heterocycles. The molecule has 2 atom stereocenters. The third-order valence-electron chi connectivity index (χ3n) is 7.21. The average molecular weight is 546 g/mol. The van der Waals surface area contributed by atoms with E-state index in [0.717, 1.165) is 33.6 Å². The number of hydrogen-bond donors (Lipinski definition) is 3. The molecule has 0 unspecified atom stereocenters. The van der Waals surface area contributed by atoms with Gasteiger partial charge in [0.05, 0.1) is 16.3 Å². The lowest BCUT2D eigenvalue weighted by Crippen LogP contribution is -2.44. The molecule has 12 heteroatoms. The molecule has 1 aliphatic rings. The predicted octanol–water partition coefficient (Wildman–Crippen LogP) is 5.95. The highest BCUT2D eigenvalue weighted by Crippen LogP contribution is 2.51. The molecule has 3 heterocycles. The molecule has 1 saturated carbocycles. The van der Waals surface area contributed by atoms with E-state index in [4.69, 9.17) is 0 Å². The number of carboxylic acids is 1. The summed E-state index contributed by atoms with van der Waals surface area (Å²) in [7, 11) is 1.86. The average Bonchev–Trinajstić information content (AvgIpc) is 3.46. The van der Waals surface area contributed by atoms with Gasteiger partial charge in [-0.3, -0.25) is 4.79 Å². The molecule has 8 nitrogen and oxygen atoms in total. The van der Waals surface area contributed by atoms with Crippen LogP contribution in [0.1, 0.15) is 43.8 Å². The summed E-state index contributed by atoms with van der Waals surface area (Å²) in [6, 6.07) is 6.34. The zero-order chi connectivity index (χ0) is 27.5. The Labute approximate surface area is 220 Å². The van der Waals surface area contributed by atoms with E-state index >= 15 is 0 Å². The SMILES string of the molecule is Cn1ccc2c(-c3cnc([C@]4(O)CC[C@@H](C(=O)O)C(C)(C)C4)s3)cc(Nc3nccc(C(F)(F)F)n3)cc21. The van der Waals surface area contributed by atoms with Crippen molar-refractivity contribution in [2.75, 3.05) is 5.32 Å². The first-order valence-electron chi connectivity index (χ1n) is 12.0. The highest BCUT2D eigenvalue weighted by Gasteiger charge is 2.49. The van der Waals surface area contributed by atoms with Crippen molar-refractivity contribution in [3.8, 4) is 10.4 Å². The second-order valence-electron chi connectivity index (χ2n) is 10.4. The van der Waals surface area contributed by atoms with Crippen molar-refractivity contribution in [2.45, 2.75) is 44.9 Å². The van der Waals surface area contributed by atoms with Gasteiger partial charge in [0.2, 0.25) is 5.95 Å². The number of halogens is 3. The fourth-order valence-electron chi connectivity index (χ4n) is 5.35. The van der Waals surface area contributed by atoms with E-state index in [1.807, 2.05) is 37.7 Å². The Balaban J connectivity index is 1.51. The molecule has 0 bridgehead atoms. The summed E-state index contributed by atoms with van der Waals surface area (Å²) in [6.45, 7) is 3.70. The van der Waals surface area contributed by atoms with Crippen LogP contribution in [0.15, 0.2) is 42.9 Å². The molecule has 0 amide bonds. The van der Waals surface area contributed by atoms with Crippen molar-refractivity contribution in [1.29, 1.82) is 0 Å². The smallest absolute Gasteiger partial charge is 0.433 e. The number of carbonyl (C=O) groups is 1. The number of aliphatic hydroxyl groups is 1. The molecule has 1 aromatic carbocycles. The number of rotatable bonds is 5. The molecule has 200 valence electrons. The normalized spacial score (nSPS) is 21.5. The number of nitrogens with one attached hydrogen (secondary N) is 1. The number of thiazole rings is 1. The second-order valence-corrected chi connectivity index (χ2v) is 11.5. The quantitative estimate of drug-likeness (QED) is 0.284. The molecular weight excluding hydrogens is 519 g/mol. The molecule has 3 aromatic heterocycles. The van der Waals surface area contributed by atoms with Crippen molar-refractivity contribution in [3.05, 3.63) is 53.6 Å². The predicted molar refractivity (Wildman–Crippen MR) is 137 cm³/mol. The zero-order valence-electron chi connectivity index (χ0n) is 20.9. The number of anilines is 2. The van der Waals surface area contributed by atoms with Crippen LogP contribution in [0.25, 0.3) is 21.3 Å². The van der Waals surface area contributed by atoms with Crippen LogP contribution in [0.5, 0.6) is 0 Å². The number of aromatic nitrogens is 4. The summed E-state index contributed by atoms with van der Waals surface area (Å²) in [5, 5.41) is 25.4. The van der Waals surface area contributed by atoms with Gasteiger partial charge in [-0.1, -0.05) is 13.8 Å². The van der Waals surface area contributed by atoms with Crippen LogP contribution < -0.4 is 5.32 Å². The van der Waals surface area contributed by atoms with Crippen LogP contribution in [-0.2, 0) is 23.6 Å². The van der Waals surface area contributed by atoms with E-state index in [0.29, 0.717) is 17.1 Å². The fraction of sp³-hybridized carbons (Fsp3) is 0.385. The first kappa shape index (κ1) is 26.1.